The molecule has 7 nitrogen and oxygen atoms in total. The fourth-order valence-electron chi connectivity index (χ4n) is 1.87. The summed E-state index contributed by atoms with van der Waals surface area (Å²) >= 11 is 0. The lowest BCUT2D eigenvalue weighted by molar-refractivity contribution is -0.137. The molecule has 1 aliphatic heterocycles. The van der Waals surface area contributed by atoms with Gasteiger partial charge in [0, 0.05) is 31.0 Å². The minimum Gasteiger partial charge on any atom is -0.481 e. The molecular weight excluding hydrogens is 250 g/mol. The molecule has 0 aromatic heterocycles. The first kappa shape index (κ1) is 15.3. The van der Waals surface area contributed by atoms with E-state index in [1.807, 2.05) is 0 Å². The molecule has 0 aromatic rings. The van der Waals surface area contributed by atoms with E-state index in [2.05, 4.69) is 16.0 Å². The van der Waals surface area contributed by atoms with E-state index in [1.165, 1.54) is 0 Å². The molecule has 1 aliphatic rings. The summed E-state index contributed by atoms with van der Waals surface area (Å²) in [5, 5.41) is 16.8. The van der Waals surface area contributed by atoms with Crippen molar-refractivity contribution in [2.45, 2.75) is 51.1 Å². The van der Waals surface area contributed by atoms with Gasteiger partial charge in [0.2, 0.25) is 5.91 Å². The minimum absolute atomic E-state index is 0.000228. The molecule has 0 aromatic carbocycles. The van der Waals surface area contributed by atoms with Gasteiger partial charge >= 0.3 is 12.0 Å². The summed E-state index contributed by atoms with van der Waals surface area (Å²) in [7, 11) is 0. The number of amides is 3. The summed E-state index contributed by atoms with van der Waals surface area (Å²) < 4.78 is 0. The molecule has 0 saturated carbocycles. The Morgan fingerprint density at radius 1 is 1.47 bits per heavy atom. The molecule has 108 valence electrons. The summed E-state index contributed by atoms with van der Waals surface area (Å²) in [6, 6.07) is -0.412. The zero-order valence-electron chi connectivity index (χ0n) is 11.3. The fourth-order valence-corrected chi connectivity index (χ4v) is 1.87. The Morgan fingerprint density at radius 3 is 2.68 bits per heavy atom. The number of rotatable bonds is 5. The van der Waals surface area contributed by atoms with Gasteiger partial charge in [-0.3, -0.25) is 9.59 Å². The van der Waals surface area contributed by atoms with Crippen molar-refractivity contribution >= 4 is 17.9 Å². The first-order valence-electron chi connectivity index (χ1n) is 6.36. The smallest absolute Gasteiger partial charge is 0.315 e. The van der Waals surface area contributed by atoms with Crippen LogP contribution in [-0.2, 0) is 9.59 Å². The summed E-state index contributed by atoms with van der Waals surface area (Å²) in [5.41, 5.74) is -0.583. The van der Waals surface area contributed by atoms with Gasteiger partial charge in [0.1, 0.15) is 0 Å². The molecule has 3 amide bonds. The van der Waals surface area contributed by atoms with Gasteiger partial charge in [-0.1, -0.05) is 0 Å². The molecule has 1 saturated heterocycles. The number of carboxylic acid groups (broad SMARTS) is 1. The lowest BCUT2D eigenvalue weighted by atomic mass is 9.98. The van der Waals surface area contributed by atoms with Crippen LogP contribution in [0.3, 0.4) is 0 Å². The number of urea groups is 1. The molecule has 0 spiro atoms. The third-order valence-corrected chi connectivity index (χ3v) is 3.02. The van der Waals surface area contributed by atoms with Gasteiger partial charge in [-0.05, 0) is 26.7 Å². The zero-order chi connectivity index (χ0) is 14.5. The van der Waals surface area contributed by atoms with Crippen molar-refractivity contribution < 1.29 is 19.5 Å². The Balaban J connectivity index is 2.33. The van der Waals surface area contributed by atoms with Crippen LogP contribution in [-0.4, -0.2) is 41.1 Å². The van der Waals surface area contributed by atoms with Crippen LogP contribution in [0.4, 0.5) is 4.79 Å². The van der Waals surface area contributed by atoms with Gasteiger partial charge in [-0.15, -0.1) is 0 Å². The second-order valence-electron chi connectivity index (χ2n) is 5.42. The van der Waals surface area contributed by atoms with Crippen molar-refractivity contribution in [2.24, 2.45) is 0 Å². The van der Waals surface area contributed by atoms with Crippen molar-refractivity contribution in [3.05, 3.63) is 0 Å². The van der Waals surface area contributed by atoms with Crippen molar-refractivity contribution in [1.29, 1.82) is 0 Å². The van der Waals surface area contributed by atoms with Crippen LogP contribution >= 0.6 is 0 Å². The molecule has 7 heteroatoms. The lowest BCUT2D eigenvalue weighted by Crippen LogP contribution is -2.54. The van der Waals surface area contributed by atoms with E-state index in [4.69, 9.17) is 5.11 Å². The summed E-state index contributed by atoms with van der Waals surface area (Å²) in [6.45, 7) is 3.98. The molecule has 0 radical (unpaired) electrons. The van der Waals surface area contributed by atoms with E-state index in [-0.39, 0.29) is 24.4 Å². The average molecular weight is 271 g/mol. The van der Waals surface area contributed by atoms with Crippen molar-refractivity contribution in [2.75, 3.05) is 6.54 Å². The lowest BCUT2D eigenvalue weighted by Gasteiger charge is -2.29. The highest BCUT2D eigenvalue weighted by Gasteiger charge is 2.24. The highest BCUT2D eigenvalue weighted by Crippen LogP contribution is 2.11. The Morgan fingerprint density at radius 2 is 2.16 bits per heavy atom. The third kappa shape index (κ3) is 6.08. The Hall–Kier alpha value is -1.79. The molecule has 1 fully saturated rings. The van der Waals surface area contributed by atoms with Crippen LogP contribution in [0.2, 0.25) is 0 Å². The van der Waals surface area contributed by atoms with Gasteiger partial charge in [-0.25, -0.2) is 4.79 Å². The number of aliphatic carboxylic acids is 1. The Bertz CT molecular complexity index is 358. The number of carboxylic acids is 1. The summed E-state index contributed by atoms with van der Waals surface area (Å²) in [6.07, 6.45) is 1.39. The molecule has 1 atom stereocenters. The number of piperidine rings is 1. The van der Waals surface area contributed by atoms with E-state index < -0.39 is 11.5 Å². The normalized spacial score (nSPS) is 19.5. The monoisotopic (exact) mass is 271 g/mol. The SMILES string of the molecule is CC(C)(CCC(=O)O)NC(=O)NC1CCC(=O)NC1. The average Bonchev–Trinajstić information content (AvgIpc) is 2.29. The van der Waals surface area contributed by atoms with Crippen LogP contribution in [0, 0.1) is 0 Å². The number of hydrogen-bond acceptors (Lipinski definition) is 3. The molecule has 1 heterocycles. The van der Waals surface area contributed by atoms with E-state index in [0.29, 0.717) is 25.8 Å². The maximum Gasteiger partial charge on any atom is 0.315 e. The summed E-state index contributed by atoms with van der Waals surface area (Å²) in [4.78, 5) is 33.3. The summed E-state index contributed by atoms with van der Waals surface area (Å²) in [5.74, 6) is -0.884. The van der Waals surface area contributed by atoms with Crippen molar-refractivity contribution in [3.8, 4) is 0 Å². The van der Waals surface area contributed by atoms with E-state index in [1.54, 1.807) is 13.8 Å². The fraction of sp³-hybridized carbons (Fsp3) is 0.750. The Kier molecular flexibility index (Phi) is 5.14. The van der Waals surface area contributed by atoms with Gasteiger partial charge in [0.15, 0.2) is 0 Å². The van der Waals surface area contributed by atoms with E-state index >= 15 is 0 Å². The van der Waals surface area contributed by atoms with Gasteiger partial charge in [0.25, 0.3) is 0 Å². The first-order valence-corrected chi connectivity index (χ1v) is 6.36. The zero-order valence-corrected chi connectivity index (χ0v) is 11.3. The molecule has 0 bridgehead atoms. The topological polar surface area (TPSA) is 108 Å². The van der Waals surface area contributed by atoms with E-state index in [9.17, 15) is 14.4 Å². The Labute approximate surface area is 112 Å². The van der Waals surface area contributed by atoms with Crippen LogP contribution in [0.25, 0.3) is 0 Å². The second-order valence-corrected chi connectivity index (χ2v) is 5.42. The highest BCUT2D eigenvalue weighted by atomic mass is 16.4. The first-order chi connectivity index (χ1) is 8.78. The molecule has 1 rings (SSSR count). The maximum absolute atomic E-state index is 11.8. The van der Waals surface area contributed by atoms with Crippen LogP contribution < -0.4 is 16.0 Å². The van der Waals surface area contributed by atoms with Gasteiger partial charge < -0.3 is 21.1 Å². The van der Waals surface area contributed by atoms with Crippen molar-refractivity contribution in [3.63, 3.8) is 0 Å². The largest absolute Gasteiger partial charge is 0.481 e. The molecule has 1 unspecified atom stereocenters. The number of carbonyl (C=O) groups excluding carboxylic acids is 2. The van der Waals surface area contributed by atoms with Crippen molar-refractivity contribution in [1.82, 2.24) is 16.0 Å². The molecule has 0 aliphatic carbocycles. The quantitative estimate of drug-likeness (QED) is 0.573. The number of carbonyl (C=O) groups is 3. The number of hydrogen-bond donors (Lipinski definition) is 4. The van der Waals surface area contributed by atoms with Crippen LogP contribution in [0.15, 0.2) is 0 Å². The predicted molar refractivity (Wildman–Crippen MR) is 68.6 cm³/mol. The van der Waals surface area contributed by atoms with Crippen LogP contribution in [0.1, 0.15) is 39.5 Å². The third-order valence-electron chi connectivity index (χ3n) is 3.02. The van der Waals surface area contributed by atoms with E-state index in [0.717, 1.165) is 0 Å². The molecule has 19 heavy (non-hydrogen) atoms. The number of nitrogens with one attached hydrogen (secondary N) is 3. The van der Waals surface area contributed by atoms with Crippen LogP contribution in [0.5, 0.6) is 0 Å². The highest BCUT2D eigenvalue weighted by molar-refractivity contribution is 5.78. The molecular formula is C12H21N3O4. The predicted octanol–water partition coefficient (Wildman–Crippen LogP) is 0.208. The maximum atomic E-state index is 11.8. The van der Waals surface area contributed by atoms with Gasteiger partial charge in [-0.2, -0.15) is 0 Å². The second kappa shape index (κ2) is 6.40. The minimum atomic E-state index is -0.884. The standard InChI is InChI=1S/C12H21N3O4/c1-12(2,6-5-10(17)18)15-11(19)14-8-3-4-9(16)13-7-8/h8H,3-7H2,1-2H3,(H,13,16)(H,17,18)(H2,14,15,19). The van der Waals surface area contributed by atoms with Gasteiger partial charge in [0.05, 0.1) is 0 Å². The molecule has 4 N–H and O–H groups in total.